The minimum atomic E-state index is -0.226. The van der Waals surface area contributed by atoms with Gasteiger partial charge in [-0.1, -0.05) is 12.1 Å². The smallest absolute Gasteiger partial charge is 0.123 e. The molecule has 0 aliphatic carbocycles. The predicted molar refractivity (Wildman–Crippen MR) is 75.5 cm³/mol. The molecule has 1 aliphatic rings. The molecule has 1 aliphatic heterocycles. The van der Waals surface area contributed by atoms with Gasteiger partial charge in [-0.05, 0) is 63.1 Å². The lowest BCUT2D eigenvalue weighted by atomic mass is 9.88. The first-order valence-electron chi connectivity index (χ1n) is 7.20. The second kappa shape index (κ2) is 6.49. The second-order valence-corrected chi connectivity index (χ2v) is 5.98. The summed E-state index contributed by atoms with van der Waals surface area (Å²) in [5.41, 5.74) is 7.21. The lowest BCUT2D eigenvalue weighted by Crippen LogP contribution is -2.38. The zero-order valence-electron chi connectivity index (χ0n) is 11.7. The lowest BCUT2D eigenvalue weighted by molar-refractivity contribution is 0.100. The van der Waals surface area contributed by atoms with Gasteiger partial charge in [0.05, 0.1) is 6.10 Å². The molecule has 1 fully saturated rings. The van der Waals surface area contributed by atoms with E-state index in [4.69, 9.17) is 10.5 Å². The van der Waals surface area contributed by atoms with Gasteiger partial charge in [0.2, 0.25) is 0 Å². The summed E-state index contributed by atoms with van der Waals surface area (Å²) in [4.78, 5) is 0. The molecule has 0 amide bonds. The highest BCUT2D eigenvalue weighted by atomic mass is 19.1. The number of nitrogens with two attached hydrogens (primary N) is 1. The molecule has 0 radical (unpaired) electrons. The lowest BCUT2D eigenvalue weighted by Gasteiger charge is -2.25. The van der Waals surface area contributed by atoms with Crippen LogP contribution in [0.2, 0.25) is 0 Å². The van der Waals surface area contributed by atoms with E-state index in [1.165, 1.54) is 25.0 Å². The maximum absolute atomic E-state index is 12.8. The molecular weight excluding hydrogens is 241 g/mol. The largest absolute Gasteiger partial charge is 0.378 e. The van der Waals surface area contributed by atoms with Crippen LogP contribution in [0.3, 0.4) is 0 Å². The van der Waals surface area contributed by atoms with Gasteiger partial charge in [0, 0.05) is 12.1 Å². The molecule has 0 aromatic heterocycles. The third-order valence-electron chi connectivity index (χ3n) is 3.82. The molecule has 2 unspecified atom stereocenters. The second-order valence-electron chi connectivity index (χ2n) is 5.98. The molecule has 2 rings (SSSR count). The van der Waals surface area contributed by atoms with Crippen molar-refractivity contribution < 1.29 is 9.13 Å². The van der Waals surface area contributed by atoms with E-state index in [1.54, 1.807) is 0 Å². The molecule has 3 heteroatoms. The van der Waals surface area contributed by atoms with E-state index in [0.29, 0.717) is 6.10 Å². The molecule has 0 saturated carbocycles. The molecule has 1 aromatic carbocycles. The van der Waals surface area contributed by atoms with Gasteiger partial charge in [-0.3, -0.25) is 0 Å². The van der Waals surface area contributed by atoms with E-state index in [9.17, 15) is 4.39 Å². The van der Waals surface area contributed by atoms with Gasteiger partial charge in [0.1, 0.15) is 5.82 Å². The van der Waals surface area contributed by atoms with Crippen molar-refractivity contribution in [2.45, 2.75) is 57.1 Å². The zero-order chi connectivity index (χ0) is 13.7. The zero-order valence-corrected chi connectivity index (χ0v) is 11.7. The summed E-state index contributed by atoms with van der Waals surface area (Å²) in [5.74, 6) is -0.194. The average Bonchev–Trinajstić information content (AvgIpc) is 2.85. The Balaban J connectivity index is 1.75. The van der Waals surface area contributed by atoms with Crippen molar-refractivity contribution in [2.24, 2.45) is 5.73 Å². The molecule has 0 spiro atoms. The van der Waals surface area contributed by atoms with E-state index in [0.717, 1.165) is 37.9 Å². The van der Waals surface area contributed by atoms with Crippen molar-refractivity contribution in [1.82, 2.24) is 0 Å². The maximum atomic E-state index is 12.8. The summed E-state index contributed by atoms with van der Waals surface area (Å²) in [5, 5.41) is 0. The standard InChI is InChI=1S/C16H24FNO/c1-16(18,10-2-4-15-5-3-11-19-15)12-13-6-8-14(17)9-7-13/h6-9,15H,2-5,10-12,18H2,1H3. The third-order valence-corrected chi connectivity index (χ3v) is 3.82. The number of benzene rings is 1. The number of hydrogen-bond donors (Lipinski definition) is 1. The van der Waals surface area contributed by atoms with Gasteiger partial charge >= 0.3 is 0 Å². The Labute approximate surface area is 115 Å². The monoisotopic (exact) mass is 265 g/mol. The van der Waals surface area contributed by atoms with Gasteiger partial charge in [0.15, 0.2) is 0 Å². The van der Waals surface area contributed by atoms with Crippen molar-refractivity contribution in [2.75, 3.05) is 6.61 Å². The van der Waals surface area contributed by atoms with Crippen LogP contribution in [-0.2, 0) is 11.2 Å². The molecule has 19 heavy (non-hydrogen) atoms. The average molecular weight is 265 g/mol. The molecule has 2 nitrogen and oxygen atoms in total. The SMILES string of the molecule is CC(N)(CCCC1CCCO1)Cc1ccc(F)cc1. The summed E-state index contributed by atoms with van der Waals surface area (Å²) in [6.45, 7) is 2.99. The van der Waals surface area contributed by atoms with Gasteiger partial charge in [0.25, 0.3) is 0 Å². The molecule has 1 aromatic rings. The van der Waals surface area contributed by atoms with Crippen LogP contribution in [0.25, 0.3) is 0 Å². The maximum Gasteiger partial charge on any atom is 0.123 e. The van der Waals surface area contributed by atoms with Crippen LogP contribution in [0.1, 0.15) is 44.6 Å². The summed E-state index contributed by atoms with van der Waals surface area (Å²) in [6, 6.07) is 6.64. The van der Waals surface area contributed by atoms with Crippen LogP contribution in [0.4, 0.5) is 4.39 Å². The molecule has 0 bridgehead atoms. The van der Waals surface area contributed by atoms with Gasteiger partial charge in [-0.2, -0.15) is 0 Å². The van der Waals surface area contributed by atoms with Crippen LogP contribution in [0.15, 0.2) is 24.3 Å². The Bertz CT molecular complexity index is 382. The van der Waals surface area contributed by atoms with Crippen LogP contribution >= 0.6 is 0 Å². The van der Waals surface area contributed by atoms with E-state index >= 15 is 0 Å². The summed E-state index contributed by atoms with van der Waals surface area (Å²) in [7, 11) is 0. The van der Waals surface area contributed by atoms with Crippen LogP contribution in [0, 0.1) is 5.82 Å². The molecule has 2 N–H and O–H groups in total. The van der Waals surface area contributed by atoms with E-state index < -0.39 is 0 Å². The van der Waals surface area contributed by atoms with Gasteiger partial charge in [-0.25, -0.2) is 4.39 Å². The fourth-order valence-corrected chi connectivity index (χ4v) is 2.76. The first-order valence-corrected chi connectivity index (χ1v) is 7.20. The molecule has 2 atom stereocenters. The molecule has 106 valence electrons. The van der Waals surface area contributed by atoms with Gasteiger partial charge < -0.3 is 10.5 Å². The van der Waals surface area contributed by atoms with Gasteiger partial charge in [-0.15, -0.1) is 0 Å². The highest BCUT2D eigenvalue weighted by Gasteiger charge is 2.21. The number of halogens is 1. The Morgan fingerprint density at radius 1 is 1.37 bits per heavy atom. The van der Waals surface area contributed by atoms with Crippen molar-refractivity contribution in [3.8, 4) is 0 Å². The number of hydrogen-bond acceptors (Lipinski definition) is 2. The minimum Gasteiger partial charge on any atom is -0.378 e. The van der Waals surface area contributed by atoms with E-state index in [1.807, 2.05) is 12.1 Å². The normalized spacial score (nSPS) is 22.4. The fourth-order valence-electron chi connectivity index (χ4n) is 2.76. The fraction of sp³-hybridized carbons (Fsp3) is 0.625. The van der Waals surface area contributed by atoms with Crippen LogP contribution in [0.5, 0.6) is 0 Å². The van der Waals surface area contributed by atoms with E-state index in [-0.39, 0.29) is 11.4 Å². The van der Waals surface area contributed by atoms with Crippen molar-refractivity contribution in [3.63, 3.8) is 0 Å². The van der Waals surface area contributed by atoms with Crippen LogP contribution in [-0.4, -0.2) is 18.2 Å². The highest BCUT2D eigenvalue weighted by molar-refractivity contribution is 5.18. The quantitative estimate of drug-likeness (QED) is 0.855. The Morgan fingerprint density at radius 2 is 2.11 bits per heavy atom. The molecule has 1 saturated heterocycles. The van der Waals surface area contributed by atoms with Crippen LogP contribution < -0.4 is 5.73 Å². The molecule has 1 heterocycles. The predicted octanol–water partition coefficient (Wildman–Crippen LogP) is 3.43. The minimum absolute atomic E-state index is 0.194. The molecular formula is C16H24FNO. The first kappa shape index (κ1) is 14.5. The Hall–Kier alpha value is -0.930. The highest BCUT2D eigenvalue weighted by Crippen LogP contribution is 2.22. The first-order chi connectivity index (χ1) is 9.05. The third kappa shape index (κ3) is 4.92. The van der Waals surface area contributed by atoms with E-state index in [2.05, 4.69) is 6.92 Å². The number of rotatable bonds is 6. The van der Waals surface area contributed by atoms with Crippen molar-refractivity contribution in [3.05, 3.63) is 35.6 Å². The topological polar surface area (TPSA) is 35.2 Å². The Morgan fingerprint density at radius 3 is 2.74 bits per heavy atom. The summed E-state index contributed by atoms with van der Waals surface area (Å²) < 4.78 is 18.5. The summed E-state index contributed by atoms with van der Waals surface area (Å²) in [6.07, 6.45) is 6.80. The summed E-state index contributed by atoms with van der Waals surface area (Å²) >= 11 is 0. The van der Waals surface area contributed by atoms with Crippen molar-refractivity contribution in [1.29, 1.82) is 0 Å². The number of ether oxygens (including phenoxy) is 1. The van der Waals surface area contributed by atoms with Crippen molar-refractivity contribution >= 4 is 0 Å². The Kier molecular flexibility index (Phi) is 4.94.